The van der Waals surface area contributed by atoms with Gasteiger partial charge >= 0.3 is 0 Å². The Morgan fingerprint density at radius 1 is 1.40 bits per heavy atom. The van der Waals surface area contributed by atoms with Gasteiger partial charge in [-0.1, -0.05) is 12.1 Å². The number of hydrogen-bond acceptors (Lipinski definition) is 3. The van der Waals surface area contributed by atoms with E-state index in [1.807, 2.05) is 36.2 Å². The number of nitrogens with zero attached hydrogens (tertiary/aromatic N) is 1. The average molecular weight is 223 g/mol. The van der Waals surface area contributed by atoms with E-state index in [1.54, 1.807) is 7.11 Å². The first-order valence-corrected chi connectivity index (χ1v) is 5.17. The third-order valence-corrected chi connectivity index (χ3v) is 2.89. The zero-order valence-corrected chi connectivity index (χ0v) is 9.58. The van der Waals surface area contributed by atoms with E-state index in [0.717, 1.165) is 17.9 Å². The van der Waals surface area contributed by atoms with Crippen molar-refractivity contribution in [3.63, 3.8) is 0 Å². The summed E-state index contributed by atoms with van der Waals surface area (Å²) in [6.07, 6.45) is 0.0495. The van der Waals surface area contributed by atoms with Gasteiger partial charge < -0.3 is 14.4 Å². The van der Waals surface area contributed by atoms with E-state index in [1.165, 1.54) is 0 Å². The molecule has 0 radical (unpaired) electrons. The van der Waals surface area contributed by atoms with Gasteiger partial charge in [-0.15, -0.1) is 0 Å². The van der Waals surface area contributed by atoms with Gasteiger partial charge in [0.2, 0.25) is 0 Å². The van der Waals surface area contributed by atoms with Crippen molar-refractivity contribution in [2.75, 3.05) is 20.7 Å². The predicted molar refractivity (Wildman–Crippen MR) is 62.0 cm³/mol. The van der Waals surface area contributed by atoms with Crippen molar-refractivity contribution < 1.29 is 9.47 Å². The highest BCUT2D eigenvalue weighted by molar-refractivity contribution is 7.80. The van der Waals surface area contributed by atoms with Gasteiger partial charge in [-0.05, 0) is 29.9 Å². The van der Waals surface area contributed by atoms with Crippen LogP contribution in [0.1, 0.15) is 11.7 Å². The molecule has 15 heavy (non-hydrogen) atoms. The maximum atomic E-state index is 5.55. The normalized spacial score (nSPS) is 20.3. The van der Waals surface area contributed by atoms with Gasteiger partial charge in [-0.25, -0.2) is 0 Å². The summed E-state index contributed by atoms with van der Waals surface area (Å²) >= 11 is 5.05. The fourth-order valence-corrected chi connectivity index (χ4v) is 1.75. The van der Waals surface area contributed by atoms with Crippen LogP contribution < -0.4 is 4.74 Å². The Kier molecular flexibility index (Phi) is 2.77. The largest absolute Gasteiger partial charge is 0.497 e. The Balaban J connectivity index is 2.13. The van der Waals surface area contributed by atoms with Gasteiger partial charge in [-0.3, -0.25) is 0 Å². The highest BCUT2D eigenvalue weighted by atomic mass is 32.1. The molecule has 80 valence electrons. The van der Waals surface area contributed by atoms with Crippen LogP contribution in [0.15, 0.2) is 24.3 Å². The molecule has 1 atom stereocenters. The second-order valence-electron chi connectivity index (χ2n) is 3.53. The Labute approximate surface area is 94.6 Å². The maximum absolute atomic E-state index is 5.55. The summed E-state index contributed by atoms with van der Waals surface area (Å²) in [6, 6.07) is 7.87. The first-order valence-electron chi connectivity index (χ1n) is 4.76. The van der Waals surface area contributed by atoms with Crippen LogP contribution in [-0.2, 0) is 4.74 Å². The Bertz CT molecular complexity index is 363. The lowest BCUT2D eigenvalue weighted by Crippen LogP contribution is -2.17. The molecule has 1 fully saturated rings. The quantitative estimate of drug-likeness (QED) is 0.715. The first-order chi connectivity index (χ1) is 7.20. The van der Waals surface area contributed by atoms with Crippen LogP contribution in [0.4, 0.5) is 0 Å². The molecule has 1 aromatic carbocycles. The molecule has 0 bridgehead atoms. The van der Waals surface area contributed by atoms with E-state index in [-0.39, 0.29) is 6.10 Å². The zero-order valence-electron chi connectivity index (χ0n) is 8.77. The van der Waals surface area contributed by atoms with Crippen LogP contribution in [0.25, 0.3) is 0 Å². The number of thiocarbonyl (C=S) groups is 1. The van der Waals surface area contributed by atoms with Crippen molar-refractivity contribution in [3.8, 4) is 5.75 Å². The fourth-order valence-electron chi connectivity index (χ4n) is 1.56. The molecule has 0 aromatic heterocycles. The van der Waals surface area contributed by atoms with Crippen molar-refractivity contribution >= 4 is 17.4 Å². The SMILES string of the molecule is COc1ccc(C2CN(C)C(=S)O2)cc1. The molecule has 3 nitrogen and oxygen atoms in total. The molecule has 1 aromatic rings. The van der Waals surface area contributed by atoms with Crippen LogP contribution in [0.2, 0.25) is 0 Å². The molecule has 0 saturated carbocycles. The zero-order chi connectivity index (χ0) is 10.8. The summed E-state index contributed by atoms with van der Waals surface area (Å²) < 4.78 is 10.6. The molecule has 1 aliphatic rings. The smallest absolute Gasteiger partial charge is 0.259 e. The lowest BCUT2D eigenvalue weighted by atomic mass is 10.1. The minimum absolute atomic E-state index is 0.0495. The second-order valence-corrected chi connectivity index (χ2v) is 3.88. The lowest BCUT2D eigenvalue weighted by Gasteiger charge is -2.09. The number of methoxy groups -OCH3 is 1. The van der Waals surface area contributed by atoms with Gasteiger partial charge in [-0.2, -0.15) is 0 Å². The Morgan fingerprint density at radius 3 is 2.53 bits per heavy atom. The standard InChI is InChI=1S/C11H13NO2S/c1-12-7-10(14-11(12)15)8-3-5-9(13-2)6-4-8/h3-6,10H,7H2,1-2H3. The van der Waals surface area contributed by atoms with E-state index in [9.17, 15) is 0 Å². The van der Waals surface area contributed by atoms with Crippen molar-refractivity contribution in [3.05, 3.63) is 29.8 Å². The van der Waals surface area contributed by atoms with E-state index < -0.39 is 0 Å². The molecule has 0 spiro atoms. The van der Waals surface area contributed by atoms with Gasteiger partial charge in [0, 0.05) is 7.05 Å². The second kappa shape index (κ2) is 4.06. The fraction of sp³-hybridized carbons (Fsp3) is 0.364. The summed E-state index contributed by atoms with van der Waals surface area (Å²) in [5, 5.41) is 0.566. The van der Waals surface area contributed by atoms with E-state index in [2.05, 4.69) is 0 Å². The molecule has 1 heterocycles. The molecule has 2 rings (SSSR count). The number of likely N-dealkylation sites (N-methyl/N-ethyl adjacent to an activating group) is 1. The molecule has 1 aliphatic heterocycles. The first kappa shape index (κ1) is 10.2. The number of hydrogen-bond donors (Lipinski definition) is 0. The van der Waals surface area contributed by atoms with Crippen LogP contribution in [0.5, 0.6) is 5.75 Å². The van der Waals surface area contributed by atoms with Crippen molar-refractivity contribution in [1.82, 2.24) is 4.90 Å². The van der Waals surface area contributed by atoms with Gasteiger partial charge in [0.15, 0.2) is 0 Å². The van der Waals surface area contributed by atoms with Crippen LogP contribution >= 0.6 is 12.2 Å². The minimum atomic E-state index is 0.0495. The van der Waals surface area contributed by atoms with E-state index in [0.29, 0.717) is 5.17 Å². The monoisotopic (exact) mass is 223 g/mol. The highest BCUT2D eigenvalue weighted by Gasteiger charge is 2.26. The third kappa shape index (κ3) is 2.04. The van der Waals surface area contributed by atoms with Crippen molar-refractivity contribution in [2.24, 2.45) is 0 Å². The molecule has 0 amide bonds. The summed E-state index contributed by atoms with van der Waals surface area (Å²) in [5.41, 5.74) is 1.13. The van der Waals surface area contributed by atoms with Crippen molar-refractivity contribution in [2.45, 2.75) is 6.10 Å². The molecule has 4 heteroatoms. The number of benzene rings is 1. The summed E-state index contributed by atoms with van der Waals surface area (Å²) in [6.45, 7) is 0.811. The lowest BCUT2D eigenvalue weighted by molar-refractivity contribution is 0.240. The molecule has 1 saturated heterocycles. The average Bonchev–Trinajstić information content (AvgIpc) is 2.59. The molecular formula is C11H13NO2S. The summed E-state index contributed by atoms with van der Waals surface area (Å²) in [7, 11) is 3.59. The minimum Gasteiger partial charge on any atom is -0.497 e. The topological polar surface area (TPSA) is 21.7 Å². The van der Waals surface area contributed by atoms with Crippen molar-refractivity contribution in [1.29, 1.82) is 0 Å². The Morgan fingerprint density at radius 2 is 2.07 bits per heavy atom. The molecule has 0 aliphatic carbocycles. The van der Waals surface area contributed by atoms with Crippen LogP contribution in [0, 0.1) is 0 Å². The predicted octanol–water partition coefficient (Wildman–Crippen LogP) is 1.98. The van der Waals surface area contributed by atoms with E-state index in [4.69, 9.17) is 21.7 Å². The number of ether oxygens (including phenoxy) is 2. The molecule has 1 unspecified atom stereocenters. The van der Waals surface area contributed by atoms with Gasteiger partial charge in [0.25, 0.3) is 5.17 Å². The molecular weight excluding hydrogens is 210 g/mol. The Hall–Kier alpha value is -1.29. The number of rotatable bonds is 2. The third-order valence-electron chi connectivity index (χ3n) is 2.48. The van der Waals surface area contributed by atoms with Gasteiger partial charge in [0.1, 0.15) is 11.9 Å². The summed E-state index contributed by atoms with van der Waals surface area (Å²) in [5.74, 6) is 0.854. The highest BCUT2D eigenvalue weighted by Crippen LogP contribution is 2.26. The van der Waals surface area contributed by atoms with E-state index >= 15 is 0 Å². The molecule has 0 N–H and O–H groups in total. The summed E-state index contributed by atoms with van der Waals surface area (Å²) in [4.78, 5) is 1.93. The van der Waals surface area contributed by atoms with Crippen LogP contribution in [-0.4, -0.2) is 30.8 Å². The van der Waals surface area contributed by atoms with Gasteiger partial charge in [0.05, 0.1) is 13.7 Å². The van der Waals surface area contributed by atoms with Crippen LogP contribution in [0.3, 0.4) is 0 Å². The maximum Gasteiger partial charge on any atom is 0.259 e.